The summed E-state index contributed by atoms with van der Waals surface area (Å²) in [6.45, 7) is 2.73. The third-order valence-electron chi connectivity index (χ3n) is 2.73. The Balaban J connectivity index is 2.36. The summed E-state index contributed by atoms with van der Waals surface area (Å²) in [5.41, 5.74) is 5.92. The lowest BCUT2D eigenvalue weighted by Crippen LogP contribution is -2.20. The van der Waals surface area contributed by atoms with Crippen LogP contribution in [0.3, 0.4) is 0 Å². The van der Waals surface area contributed by atoms with Crippen LogP contribution in [0.4, 0.5) is 4.39 Å². The molecule has 0 aliphatic carbocycles. The highest BCUT2D eigenvalue weighted by atomic mass is 35.5. The van der Waals surface area contributed by atoms with Crippen molar-refractivity contribution in [2.24, 2.45) is 5.73 Å². The predicted molar refractivity (Wildman–Crippen MR) is 70.9 cm³/mol. The van der Waals surface area contributed by atoms with Gasteiger partial charge in [-0.25, -0.2) is 4.39 Å². The molecule has 5 heteroatoms. The van der Waals surface area contributed by atoms with E-state index in [-0.39, 0.29) is 17.8 Å². The quantitative estimate of drug-likeness (QED) is 0.750. The topological polar surface area (TPSA) is 55.1 Å². The number of benzene rings is 1. The number of hydrogen-bond acceptors (Lipinski definition) is 2. The molecule has 0 bridgehead atoms. The van der Waals surface area contributed by atoms with Gasteiger partial charge < -0.3 is 11.1 Å². The smallest absolute Gasteiger partial charge is 0.217 e. The number of rotatable bonds is 7. The normalized spacial score (nSPS) is 12.4. The minimum absolute atomic E-state index is 0.0479. The Morgan fingerprint density at radius 1 is 1.50 bits per heavy atom. The number of hydrogen-bond donors (Lipinski definition) is 2. The van der Waals surface area contributed by atoms with Crippen LogP contribution in [0.15, 0.2) is 18.2 Å². The molecular weight excluding hydrogens is 255 g/mol. The van der Waals surface area contributed by atoms with Gasteiger partial charge >= 0.3 is 0 Å². The lowest BCUT2D eigenvalue weighted by atomic mass is 10.1. The highest BCUT2D eigenvalue weighted by Crippen LogP contribution is 2.23. The zero-order chi connectivity index (χ0) is 13.5. The molecule has 3 N–H and O–H groups in total. The number of amides is 1. The maximum Gasteiger partial charge on any atom is 0.217 e. The lowest BCUT2D eigenvalue weighted by molar-refractivity contribution is -0.118. The average molecular weight is 273 g/mol. The van der Waals surface area contributed by atoms with Crippen LogP contribution in [0.5, 0.6) is 0 Å². The van der Waals surface area contributed by atoms with Crippen molar-refractivity contribution in [1.29, 1.82) is 0 Å². The maximum atomic E-state index is 12.9. The Hall–Kier alpha value is -1.13. The molecule has 0 fully saturated rings. The third-order valence-corrected chi connectivity index (χ3v) is 3.06. The van der Waals surface area contributed by atoms with Crippen molar-refractivity contribution >= 4 is 17.5 Å². The molecule has 100 valence electrons. The van der Waals surface area contributed by atoms with Crippen LogP contribution in [0.25, 0.3) is 0 Å². The largest absolute Gasteiger partial charge is 0.370 e. The summed E-state index contributed by atoms with van der Waals surface area (Å²) in [5.74, 6) is -0.609. The van der Waals surface area contributed by atoms with Crippen molar-refractivity contribution in [3.05, 3.63) is 34.6 Å². The van der Waals surface area contributed by atoms with Crippen LogP contribution in [-0.2, 0) is 4.79 Å². The first-order valence-electron chi connectivity index (χ1n) is 5.97. The van der Waals surface area contributed by atoms with Crippen LogP contribution < -0.4 is 11.1 Å². The Morgan fingerprint density at radius 3 is 2.83 bits per heavy atom. The van der Waals surface area contributed by atoms with Crippen LogP contribution in [0, 0.1) is 5.82 Å². The van der Waals surface area contributed by atoms with E-state index in [0.29, 0.717) is 11.4 Å². The number of carbonyl (C=O) groups is 1. The van der Waals surface area contributed by atoms with Gasteiger partial charge in [0.2, 0.25) is 5.91 Å². The van der Waals surface area contributed by atoms with E-state index in [4.69, 9.17) is 17.3 Å². The van der Waals surface area contributed by atoms with Gasteiger partial charge in [-0.3, -0.25) is 4.79 Å². The average Bonchev–Trinajstić information content (AvgIpc) is 2.27. The summed E-state index contributed by atoms with van der Waals surface area (Å²) >= 11 is 5.96. The van der Waals surface area contributed by atoms with Gasteiger partial charge in [0.05, 0.1) is 0 Å². The van der Waals surface area contributed by atoms with E-state index in [9.17, 15) is 9.18 Å². The Morgan fingerprint density at radius 2 is 2.22 bits per heavy atom. The molecule has 0 radical (unpaired) electrons. The number of carbonyl (C=O) groups excluding carboxylic acids is 1. The van der Waals surface area contributed by atoms with E-state index in [0.717, 1.165) is 24.9 Å². The third kappa shape index (κ3) is 5.02. The standard InChI is InChI=1S/C13H18ClFN2O/c1-9(17-7-3-2-4-13(16)18)11-6-5-10(15)8-12(11)14/h5-6,8-9,17H,2-4,7H2,1H3,(H2,16,18). The molecule has 1 amide bonds. The van der Waals surface area contributed by atoms with Gasteiger partial charge in [-0.05, 0) is 44.0 Å². The van der Waals surface area contributed by atoms with Gasteiger partial charge in [-0.2, -0.15) is 0 Å². The van der Waals surface area contributed by atoms with Crippen LogP contribution in [-0.4, -0.2) is 12.5 Å². The van der Waals surface area contributed by atoms with Gasteiger partial charge in [0.1, 0.15) is 5.82 Å². The Labute approximate surface area is 112 Å². The van der Waals surface area contributed by atoms with Crippen molar-refractivity contribution in [3.8, 4) is 0 Å². The minimum atomic E-state index is -0.336. The van der Waals surface area contributed by atoms with Gasteiger partial charge in [0.15, 0.2) is 0 Å². The first kappa shape index (κ1) is 14.9. The van der Waals surface area contributed by atoms with Crippen molar-refractivity contribution in [2.75, 3.05) is 6.54 Å². The SMILES string of the molecule is CC(NCCCCC(N)=O)c1ccc(F)cc1Cl. The molecule has 0 saturated carbocycles. The van der Waals surface area contributed by atoms with Crippen molar-refractivity contribution in [2.45, 2.75) is 32.2 Å². The first-order valence-corrected chi connectivity index (χ1v) is 6.35. The second kappa shape index (κ2) is 7.34. The van der Waals surface area contributed by atoms with E-state index in [2.05, 4.69) is 5.32 Å². The maximum absolute atomic E-state index is 12.9. The molecule has 0 aliphatic heterocycles. The van der Waals surface area contributed by atoms with Crippen LogP contribution in [0.2, 0.25) is 5.02 Å². The summed E-state index contributed by atoms with van der Waals surface area (Å²) in [7, 11) is 0. The molecule has 18 heavy (non-hydrogen) atoms. The summed E-state index contributed by atoms with van der Waals surface area (Å²) in [6, 6.07) is 4.43. The molecule has 0 spiro atoms. The molecule has 1 aromatic carbocycles. The van der Waals surface area contributed by atoms with Crippen molar-refractivity contribution in [1.82, 2.24) is 5.32 Å². The number of halogens is 2. The zero-order valence-corrected chi connectivity index (χ0v) is 11.1. The fourth-order valence-corrected chi connectivity index (χ4v) is 2.04. The second-order valence-electron chi connectivity index (χ2n) is 4.27. The van der Waals surface area contributed by atoms with Gasteiger partial charge in [0.25, 0.3) is 0 Å². The zero-order valence-electron chi connectivity index (χ0n) is 10.4. The predicted octanol–water partition coefficient (Wildman–Crippen LogP) is 2.79. The Bertz CT molecular complexity index is 412. The monoisotopic (exact) mass is 272 g/mol. The van der Waals surface area contributed by atoms with Crippen LogP contribution in [0.1, 0.15) is 37.8 Å². The highest BCUT2D eigenvalue weighted by molar-refractivity contribution is 6.31. The summed E-state index contributed by atoms with van der Waals surface area (Å²) in [5, 5.41) is 3.70. The first-order chi connectivity index (χ1) is 8.50. The molecule has 1 atom stereocenters. The summed E-state index contributed by atoms with van der Waals surface area (Å²) in [4.78, 5) is 10.5. The molecule has 3 nitrogen and oxygen atoms in total. The molecule has 0 aromatic heterocycles. The molecule has 0 aliphatic rings. The molecule has 1 rings (SSSR count). The highest BCUT2D eigenvalue weighted by Gasteiger charge is 2.09. The van der Waals surface area contributed by atoms with E-state index in [1.165, 1.54) is 12.1 Å². The molecular formula is C13H18ClFN2O. The van der Waals surface area contributed by atoms with Gasteiger partial charge in [-0.1, -0.05) is 17.7 Å². The lowest BCUT2D eigenvalue weighted by Gasteiger charge is -2.15. The van der Waals surface area contributed by atoms with E-state index >= 15 is 0 Å². The summed E-state index contributed by atoms with van der Waals surface area (Å²) in [6.07, 6.45) is 2.05. The second-order valence-corrected chi connectivity index (χ2v) is 4.67. The minimum Gasteiger partial charge on any atom is -0.370 e. The molecule has 1 aromatic rings. The van der Waals surface area contributed by atoms with Crippen LogP contribution >= 0.6 is 11.6 Å². The number of nitrogens with two attached hydrogens (primary N) is 1. The van der Waals surface area contributed by atoms with Crippen molar-refractivity contribution in [3.63, 3.8) is 0 Å². The van der Waals surface area contributed by atoms with E-state index in [1.54, 1.807) is 6.07 Å². The Kier molecular flexibility index (Phi) is 6.09. The fraction of sp³-hybridized carbons (Fsp3) is 0.462. The molecule has 1 unspecified atom stereocenters. The molecule has 0 heterocycles. The molecule has 0 saturated heterocycles. The van der Waals surface area contributed by atoms with E-state index in [1.807, 2.05) is 6.92 Å². The van der Waals surface area contributed by atoms with E-state index < -0.39 is 0 Å². The van der Waals surface area contributed by atoms with Gasteiger partial charge in [-0.15, -0.1) is 0 Å². The number of nitrogens with one attached hydrogen (secondary N) is 1. The summed E-state index contributed by atoms with van der Waals surface area (Å²) < 4.78 is 12.9. The van der Waals surface area contributed by atoms with Crippen molar-refractivity contribution < 1.29 is 9.18 Å². The fourth-order valence-electron chi connectivity index (χ4n) is 1.71. The number of primary amides is 1. The number of unbranched alkanes of at least 4 members (excludes halogenated alkanes) is 1. The van der Waals surface area contributed by atoms with Gasteiger partial charge in [0, 0.05) is 17.5 Å².